The number of ether oxygens (including phenoxy) is 2. The van der Waals surface area contributed by atoms with Crippen LogP contribution >= 0.6 is 34.8 Å². The monoisotopic (exact) mass is 341 g/mol. The van der Waals surface area contributed by atoms with Gasteiger partial charge >= 0.3 is 0 Å². The van der Waals surface area contributed by atoms with Gasteiger partial charge < -0.3 is 9.47 Å². The maximum Gasteiger partial charge on any atom is 0.157 e. The summed E-state index contributed by atoms with van der Waals surface area (Å²) < 4.78 is 10.9. The van der Waals surface area contributed by atoms with Crippen LogP contribution in [0.1, 0.15) is 11.1 Å². The maximum absolute atomic E-state index is 8.94. The van der Waals surface area contributed by atoms with Crippen molar-refractivity contribution in [2.24, 2.45) is 0 Å². The van der Waals surface area contributed by atoms with Crippen LogP contribution in [0.15, 0.2) is 30.3 Å². The molecule has 3 nitrogen and oxygen atoms in total. The van der Waals surface area contributed by atoms with Gasteiger partial charge in [-0.1, -0.05) is 34.8 Å². The quantitative estimate of drug-likeness (QED) is 0.775. The average molecular weight is 343 g/mol. The fourth-order valence-corrected chi connectivity index (χ4v) is 2.70. The summed E-state index contributed by atoms with van der Waals surface area (Å²) in [5.74, 6) is 0.961. The first-order valence-corrected chi connectivity index (χ1v) is 7.03. The van der Waals surface area contributed by atoms with Crippen molar-refractivity contribution in [2.75, 3.05) is 7.11 Å². The molecule has 0 aliphatic heterocycles. The molecule has 0 radical (unpaired) electrons. The molecule has 0 spiro atoms. The molecule has 0 amide bonds. The molecule has 0 bridgehead atoms. The van der Waals surface area contributed by atoms with Crippen LogP contribution in [0.3, 0.4) is 0 Å². The first-order chi connectivity index (χ1) is 10.0. The number of nitriles is 1. The summed E-state index contributed by atoms with van der Waals surface area (Å²) >= 11 is 18.0. The summed E-state index contributed by atoms with van der Waals surface area (Å²) in [5, 5.41) is 10.0. The van der Waals surface area contributed by atoms with Gasteiger partial charge in [-0.25, -0.2) is 0 Å². The van der Waals surface area contributed by atoms with Crippen molar-refractivity contribution < 1.29 is 9.47 Å². The van der Waals surface area contributed by atoms with Crippen molar-refractivity contribution in [1.29, 1.82) is 5.26 Å². The first kappa shape index (κ1) is 15.8. The topological polar surface area (TPSA) is 42.2 Å². The highest BCUT2D eigenvalue weighted by Crippen LogP contribution is 2.36. The van der Waals surface area contributed by atoms with Gasteiger partial charge in [-0.15, -0.1) is 0 Å². The van der Waals surface area contributed by atoms with Gasteiger partial charge in [-0.2, -0.15) is 5.26 Å². The smallest absolute Gasteiger partial charge is 0.157 e. The van der Waals surface area contributed by atoms with E-state index in [4.69, 9.17) is 49.5 Å². The summed E-state index contributed by atoms with van der Waals surface area (Å²) in [6.45, 7) is 0.166. The Morgan fingerprint density at radius 1 is 1.10 bits per heavy atom. The van der Waals surface area contributed by atoms with E-state index >= 15 is 0 Å². The van der Waals surface area contributed by atoms with E-state index in [2.05, 4.69) is 6.07 Å². The normalized spacial score (nSPS) is 10.0. The Bertz CT molecular complexity index is 688. The van der Waals surface area contributed by atoms with E-state index in [-0.39, 0.29) is 6.61 Å². The zero-order valence-electron chi connectivity index (χ0n) is 11.0. The van der Waals surface area contributed by atoms with E-state index in [1.807, 2.05) is 0 Å². The lowest BCUT2D eigenvalue weighted by Gasteiger charge is -2.13. The fraction of sp³-hybridized carbons (Fsp3) is 0.133. The second kappa shape index (κ2) is 6.91. The third-order valence-electron chi connectivity index (χ3n) is 2.74. The Balaban J connectivity index is 2.26. The molecule has 2 aromatic rings. The molecule has 0 aliphatic rings. The van der Waals surface area contributed by atoms with E-state index in [0.29, 0.717) is 32.1 Å². The largest absolute Gasteiger partial charge is 0.496 e. The van der Waals surface area contributed by atoms with E-state index in [1.54, 1.807) is 37.4 Å². The number of nitrogens with zero attached hydrogens (tertiary/aromatic N) is 1. The van der Waals surface area contributed by atoms with Crippen molar-refractivity contribution in [1.82, 2.24) is 0 Å². The molecular weight excluding hydrogens is 333 g/mol. The molecule has 0 aromatic heterocycles. The number of halogens is 3. The zero-order valence-corrected chi connectivity index (χ0v) is 13.3. The van der Waals surface area contributed by atoms with E-state index in [0.717, 1.165) is 5.56 Å². The molecule has 108 valence electrons. The standard InChI is InChI=1S/C15H10Cl3NO2/c1-20-14-3-2-9(7-19)4-10(14)8-21-15-12(17)5-11(16)6-13(15)18/h2-6H,8H2,1H3. The lowest BCUT2D eigenvalue weighted by Crippen LogP contribution is -2.00. The number of methoxy groups -OCH3 is 1. The Hall–Kier alpha value is -1.60. The molecule has 0 saturated heterocycles. The van der Waals surface area contributed by atoms with Crippen molar-refractivity contribution >= 4 is 34.8 Å². The SMILES string of the molecule is COc1ccc(C#N)cc1COc1c(Cl)cc(Cl)cc1Cl. The molecule has 6 heteroatoms. The Kier molecular flexibility index (Phi) is 5.19. The van der Waals surface area contributed by atoms with E-state index in [1.165, 1.54) is 0 Å². The van der Waals surface area contributed by atoms with E-state index in [9.17, 15) is 0 Å². The highest BCUT2D eigenvalue weighted by Gasteiger charge is 2.11. The molecule has 2 aromatic carbocycles. The molecule has 0 heterocycles. The molecule has 0 aliphatic carbocycles. The van der Waals surface area contributed by atoms with Crippen LogP contribution in [0.5, 0.6) is 11.5 Å². The fourth-order valence-electron chi connectivity index (χ4n) is 1.78. The van der Waals surface area contributed by atoms with Gasteiger partial charge in [-0.3, -0.25) is 0 Å². The van der Waals surface area contributed by atoms with Crippen LogP contribution in [0.4, 0.5) is 0 Å². The molecular formula is C15H10Cl3NO2. The van der Waals surface area contributed by atoms with Crippen LogP contribution in [0.25, 0.3) is 0 Å². The van der Waals surface area contributed by atoms with Gasteiger partial charge in [-0.05, 0) is 30.3 Å². The van der Waals surface area contributed by atoms with E-state index < -0.39 is 0 Å². The second-order valence-corrected chi connectivity index (χ2v) is 5.38. The Morgan fingerprint density at radius 2 is 1.76 bits per heavy atom. The minimum atomic E-state index is 0.166. The molecule has 0 fully saturated rings. The zero-order chi connectivity index (χ0) is 15.4. The van der Waals surface area contributed by atoms with Crippen molar-refractivity contribution in [3.05, 3.63) is 56.5 Å². The number of rotatable bonds is 4. The third-order valence-corrected chi connectivity index (χ3v) is 3.52. The summed E-state index contributed by atoms with van der Waals surface area (Å²) in [6, 6.07) is 10.2. The summed E-state index contributed by atoms with van der Waals surface area (Å²) in [6.07, 6.45) is 0. The molecule has 0 saturated carbocycles. The predicted molar refractivity (Wildman–Crippen MR) is 83.5 cm³/mol. The summed E-state index contributed by atoms with van der Waals surface area (Å²) in [4.78, 5) is 0. The second-order valence-electron chi connectivity index (χ2n) is 4.13. The van der Waals surface area contributed by atoms with Crippen LogP contribution in [0.2, 0.25) is 15.1 Å². The van der Waals surface area contributed by atoms with Crippen molar-refractivity contribution in [2.45, 2.75) is 6.61 Å². The highest BCUT2D eigenvalue weighted by molar-refractivity contribution is 6.40. The van der Waals surface area contributed by atoms with Gasteiger partial charge in [0.25, 0.3) is 0 Å². The number of hydrogen-bond acceptors (Lipinski definition) is 3. The third kappa shape index (κ3) is 3.74. The lowest BCUT2D eigenvalue weighted by atomic mass is 10.1. The average Bonchev–Trinajstić information content (AvgIpc) is 2.45. The minimum Gasteiger partial charge on any atom is -0.496 e. The predicted octanol–water partition coefficient (Wildman–Crippen LogP) is 5.11. The molecule has 0 unspecified atom stereocenters. The van der Waals surface area contributed by atoms with Gasteiger partial charge in [0.1, 0.15) is 12.4 Å². The highest BCUT2D eigenvalue weighted by atomic mass is 35.5. The Labute approximate surface area is 137 Å². The summed E-state index contributed by atoms with van der Waals surface area (Å²) in [5.41, 5.74) is 1.24. The lowest BCUT2D eigenvalue weighted by molar-refractivity contribution is 0.297. The molecule has 0 atom stereocenters. The minimum absolute atomic E-state index is 0.166. The van der Waals surface area contributed by atoms with Gasteiger partial charge in [0.15, 0.2) is 5.75 Å². The van der Waals surface area contributed by atoms with Gasteiger partial charge in [0.05, 0.1) is 28.8 Å². The van der Waals surface area contributed by atoms with Gasteiger partial charge in [0, 0.05) is 10.6 Å². The van der Waals surface area contributed by atoms with Crippen LogP contribution < -0.4 is 9.47 Å². The van der Waals surface area contributed by atoms with Crippen LogP contribution in [0, 0.1) is 11.3 Å². The first-order valence-electron chi connectivity index (χ1n) is 5.89. The van der Waals surface area contributed by atoms with Crippen molar-refractivity contribution in [3.8, 4) is 17.6 Å². The number of benzene rings is 2. The number of hydrogen-bond donors (Lipinski definition) is 0. The maximum atomic E-state index is 8.94. The molecule has 21 heavy (non-hydrogen) atoms. The van der Waals surface area contributed by atoms with Crippen molar-refractivity contribution in [3.63, 3.8) is 0 Å². The van der Waals surface area contributed by atoms with Crippen LogP contribution in [-0.4, -0.2) is 7.11 Å². The molecule has 0 N–H and O–H groups in total. The Morgan fingerprint density at radius 3 is 2.33 bits per heavy atom. The summed E-state index contributed by atoms with van der Waals surface area (Å²) in [7, 11) is 1.55. The van der Waals surface area contributed by atoms with Crippen LogP contribution in [-0.2, 0) is 6.61 Å². The van der Waals surface area contributed by atoms with Gasteiger partial charge in [0.2, 0.25) is 0 Å². The molecule has 2 rings (SSSR count).